The van der Waals surface area contributed by atoms with Crippen LogP contribution >= 0.6 is 0 Å². The van der Waals surface area contributed by atoms with Gasteiger partial charge in [-0.2, -0.15) is 0 Å². The van der Waals surface area contributed by atoms with E-state index in [-0.39, 0.29) is 11.2 Å². The van der Waals surface area contributed by atoms with Crippen LogP contribution in [0.2, 0.25) is 0 Å². The normalized spacial score (nSPS) is 14.2. The van der Waals surface area contributed by atoms with E-state index in [0.717, 1.165) is 6.42 Å². The molecule has 0 aliphatic rings. The number of hydrogen-bond acceptors (Lipinski definition) is 1. The van der Waals surface area contributed by atoms with E-state index in [9.17, 15) is 4.39 Å². The minimum absolute atomic E-state index is 0.169. The smallest absolute Gasteiger partial charge is 0.123 e. The molecule has 1 nitrogen and oxygen atoms in total. The Kier molecular flexibility index (Phi) is 4.09. The maximum Gasteiger partial charge on any atom is 0.123 e. The maximum atomic E-state index is 12.9. The van der Waals surface area contributed by atoms with Crippen LogP contribution in [0.15, 0.2) is 24.3 Å². The summed E-state index contributed by atoms with van der Waals surface area (Å²) >= 11 is 0. The van der Waals surface area contributed by atoms with Crippen LogP contribution < -0.4 is 0 Å². The molecule has 0 saturated carbocycles. The Morgan fingerprint density at radius 3 is 2.00 bits per heavy atom. The Bertz CT molecular complexity index is 322. The topological polar surface area (TPSA) is 3.24 Å². The molecule has 16 heavy (non-hydrogen) atoms. The lowest BCUT2D eigenvalue weighted by atomic mass is 9.85. The SMILES string of the molecule is CN(C)C(CC(C)(C)C)c1ccc(F)cc1. The zero-order chi connectivity index (χ0) is 12.3. The molecule has 1 unspecified atom stereocenters. The van der Waals surface area contributed by atoms with Crippen LogP contribution in [0, 0.1) is 11.2 Å². The van der Waals surface area contributed by atoms with Gasteiger partial charge in [0.2, 0.25) is 0 Å². The Hall–Kier alpha value is -0.890. The highest BCUT2D eigenvalue weighted by Crippen LogP contribution is 2.32. The van der Waals surface area contributed by atoms with Crippen molar-refractivity contribution in [3.63, 3.8) is 0 Å². The molecule has 0 amide bonds. The maximum absolute atomic E-state index is 12.9. The summed E-state index contributed by atoms with van der Waals surface area (Å²) in [6.45, 7) is 6.69. The van der Waals surface area contributed by atoms with Gasteiger partial charge in [-0.3, -0.25) is 0 Å². The molecule has 2 heteroatoms. The zero-order valence-electron chi connectivity index (χ0n) is 10.9. The van der Waals surface area contributed by atoms with Crippen molar-refractivity contribution in [2.45, 2.75) is 33.2 Å². The second-order valence-electron chi connectivity index (χ2n) is 5.80. The molecule has 1 atom stereocenters. The molecule has 0 aromatic heterocycles. The van der Waals surface area contributed by atoms with Gasteiger partial charge in [0.05, 0.1) is 0 Å². The van der Waals surface area contributed by atoms with E-state index in [1.54, 1.807) is 0 Å². The van der Waals surface area contributed by atoms with Crippen molar-refractivity contribution in [3.05, 3.63) is 35.6 Å². The number of benzene rings is 1. The van der Waals surface area contributed by atoms with Gasteiger partial charge < -0.3 is 4.90 Å². The van der Waals surface area contributed by atoms with Gasteiger partial charge in [0.25, 0.3) is 0 Å². The average Bonchev–Trinajstić information content (AvgIpc) is 2.14. The van der Waals surface area contributed by atoms with Crippen molar-refractivity contribution in [1.29, 1.82) is 0 Å². The Labute approximate surface area is 98.3 Å². The van der Waals surface area contributed by atoms with Gasteiger partial charge in [-0.25, -0.2) is 4.39 Å². The lowest BCUT2D eigenvalue weighted by Gasteiger charge is -2.31. The summed E-state index contributed by atoms with van der Waals surface area (Å²) in [4.78, 5) is 2.19. The second-order valence-corrected chi connectivity index (χ2v) is 5.80. The molecule has 0 aliphatic heterocycles. The molecular formula is C14H22FN. The monoisotopic (exact) mass is 223 g/mol. The molecule has 1 rings (SSSR count). The van der Waals surface area contributed by atoms with Crippen molar-refractivity contribution in [1.82, 2.24) is 4.90 Å². The van der Waals surface area contributed by atoms with Gasteiger partial charge in [0.15, 0.2) is 0 Å². The summed E-state index contributed by atoms with van der Waals surface area (Å²) in [6.07, 6.45) is 1.06. The van der Waals surface area contributed by atoms with Gasteiger partial charge in [0, 0.05) is 6.04 Å². The highest BCUT2D eigenvalue weighted by molar-refractivity contribution is 5.20. The lowest BCUT2D eigenvalue weighted by Crippen LogP contribution is -2.24. The number of halogens is 1. The Morgan fingerprint density at radius 2 is 1.62 bits per heavy atom. The number of rotatable bonds is 3. The van der Waals surface area contributed by atoms with Gasteiger partial charge in [0.1, 0.15) is 5.82 Å². The fourth-order valence-electron chi connectivity index (χ4n) is 1.86. The van der Waals surface area contributed by atoms with E-state index in [1.807, 2.05) is 12.1 Å². The van der Waals surface area contributed by atoms with E-state index in [0.29, 0.717) is 6.04 Å². The summed E-state index contributed by atoms with van der Waals surface area (Å²) in [7, 11) is 4.14. The molecule has 90 valence electrons. The third-order valence-corrected chi connectivity index (χ3v) is 2.68. The minimum atomic E-state index is -0.169. The van der Waals surface area contributed by atoms with Crippen LogP contribution in [0.4, 0.5) is 4.39 Å². The molecule has 0 fully saturated rings. The van der Waals surface area contributed by atoms with Gasteiger partial charge in [-0.15, -0.1) is 0 Å². The third-order valence-electron chi connectivity index (χ3n) is 2.68. The first-order valence-corrected chi connectivity index (χ1v) is 5.71. The zero-order valence-corrected chi connectivity index (χ0v) is 10.9. The van der Waals surface area contributed by atoms with Crippen LogP contribution in [-0.4, -0.2) is 19.0 Å². The molecule has 0 radical (unpaired) electrons. The van der Waals surface area contributed by atoms with Crippen LogP contribution in [-0.2, 0) is 0 Å². The van der Waals surface area contributed by atoms with Crippen molar-refractivity contribution in [2.75, 3.05) is 14.1 Å². The largest absolute Gasteiger partial charge is 0.302 e. The highest BCUT2D eigenvalue weighted by Gasteiger charge is 2.21. The molecule has 0 aliphatic carbocycles. The van der Waals surface area contributed by atoms with Gasteiger partial charge in [-0.05, 0) is 43.6 Å². The fourth-order valence-corrected chi connectivity index (χ4v) is 1.86. The Balaban J connectivity index is 2.90. The van der Waals surface area contributed by atoms with Crippen LogP contribution in [0.5, 0.6) is 0 Å². The van der Waals surface area contributed by atoms with Crippen molar-refractivity contribution in [3.8, 4) is 0 Å². The molecular weight excluding hydrogens is 201 g/mol. The third kappa shape index (κ3) is 3.93. The molecule has 0 spiro atoms. The van der Waals surface area contributed by atoms with E-state index in [2.05, 4.69) is 39.8 Å². The van der Waals surface area contributed by atoms with E-state index < -0.39 is 0 Å². The van der Waals surface area contributed by atoms with Crippen molar-refractivity contribution < 1.29 is 4.39 Å². The quantitative estimate of drug-likeness (QED) is 0.752. The standard InChI is InChI=1S/C14H22FN/c1-14(2,3)10-13(16(4)5)11-6-8-12(15)9-7-11/h6-9,13H,10H2,1-5H3. The first kappa shape index (κ1) is 13.2. The summed E-state index contributed by atoms with van der Waals surface area (Å²) in [5, 5.41) is 0. The molecule has 0 bridgehead atoms. The van der Waals surface area contributed by atoms with Crippen molar-refractivity contribution >= 4 is 0 Å². The summed E-state index contributed by atoms with van der Waals surface area (Å²) in [5.41, 5.74) is 1.45. The average molecular weight is 223 g/mol. The molecule has 0 saturated heterocycles. The molecule has 1 aromatic carbocycles. The Morgan fingerprint density at radius 1 is 1.12 bits per heavy atom. The van der Waals surface area contributed by atoms with E-state index in [4.69, 9.17) is 0 Å². The number of nitrogens with zero attached hydrogens (tertiary/aromatic N) is 1. The molecule has 0 N–H and O–H groups in total. The summed E-state index contributed by atoms with van der Waals surface area (Å²) < 4.78 is 12.9. The molecule has 1 aromatic rings. The minimum Gasteiger partial charge on any atom is -0.302 e. The lowest BCUT2D eigenvalue weighted by molar-refractivity contribution is 0.211. The highest BCUT2D eigenvalue weighted by atomic mass is 19.1. The van der Waals surface area contributed by atoms with E-state index in [1.165, 1.54) is 17.7 Å². The predicted octanol–water partition coefficient (Wildman–Crippen LogP) is 3.86. The van der Waals surface area contributed by atoms with E-state index >= 15 is 0 Å². The molecule has 0 heterocycles. The predicted molar refractivity (Wildman–Crippen MR) is 66.9 cm³/mol. The van der Waals surface area contributed by atoms with Crippen LogP contribution in [0.3, 0.4) is 0 Å². The number of hydrogen-bond donors (Lipinski definition) is 0. The fraction of sp³-hybridized carbons (Fsp3) is 0.571. The summed E-state index contributed by atoms with van der Waals surface area (Å²) in [5.74, 6) is -0.169. The second kappa shape index (κ2) is 4.96. The van der Waals surface area contributed by atoms with Crippen LogP contribution in [0.1, 0.15) is 38.8 Å². The first-order valence-electron chi connectivity index (χ1n) is 5.71. The summed E-state index contributed by atoms with van der Waals surface area (Å²) in [6, 6.07) is 7.18. The first-order chi connectivity index (χ1) is 7.29. The van der Waals surface area contributed by atoms with Crippen LogP contribution in [0.25, 0.3) is 0 Å². The van der Waals surface area contributed by atoms with Gasteiger partial charge in [-0.1, -0.05) is 32.9 Å². The van der Waals surface area contributed by atoms with Crippen molar-refractivity contribution in [2.24, 2.45) is 5.41 Å². The van der Waals surface area contributed by atoms with Gasteiger partial charge >= 0.3 is 0 Å².